The Balaban J connectivity index is 1.20. The average Bonchev–Trinajstić information content (AvgIpc) is 3.60. The van der Waals surface area contributed by atoms with Gasteiger partial charge in [0, 0.05) is 29.1 Å². The lowest BCUT2D eigenvalue weighted by molar-refractivity contribution is 0.0949. The molecule has 0 bridgehead atoms. The Bertz CT molecular complexity index is 1690. The molecule has 4 aromatic rings. The third-order valence-corrected chi connectivity index (χ3v) is 8.64. The lowest BCUT2D eigenvalue weighted by Gasteiger charge is -2.10. The summed E-state index contributed by atoms with van der Waals surface area (Å²) in [5, 5.41) is 3.58. The summed E-state index contributed by atoms with van der Waals surface area (Å²) >= 11 is 0. The van der Waals surface area contributed by atoms with E-state index in [1.54, 1.807) is 42.6 Å². The van der Waals surface area contributed by atoms with Crippen molar-refractivity contribution in [2.45, 2.75) is 36.3 Å². The Morgan fingerprint density at radius 1 is 1.11 bits per heavy atom. The van der Waals surface area contributed by atoms with Crippen LogP contribution in [0.3, 0.4) is 0 Å². The zero-order valence-corrected chi connectivity index (χ0v) is 21.0. The summed E-state index contributed by atoms with van der Waals surface area (Å²) in [6.45, 7) is 0.410. The van der Waals surface area contributed by atoms with Crippen molar-refractivity contribution in [2.24, 2.45) is 0 Å². The number of nitrogens with one attached hydrogen (secondary N) is 1. The van der Waals surface area contributed by atoms with Crippen LogP contribution in [-0.2, 0) is 27.7 Å². The molecule has 1 N–H and O–H groups in total. The predicted molar refractivity (Wildman–Crippen MR) is 137 cm³/mol. The fourth-order valence-electron chi connectivity index (χ4n) is 4.64. The Kier molecular flexibility index (Phi) is 5.96. The molecule has 10 heteroatoms. The maximum atomic E-state index is 13.5. The fourth-order valence-corrected chi connectivity index (χ4v) is 6.03. The van der Waals surface area contributed by atoms with Crippen LogP contribution in [0.15, 0.2) is 71.8 Å². The quantitative estimate of drug-likeness (QED) is 0.400. The summed E-state index contributed by atoms with van der Waals surface area (Å²) in [5.74, 6) is -3.93. The molecule has 1 atom stereocenters. The molecule has 0 saturated heterocycles. The standard InChI is InChI=1S/C28H23F2N3O4S/c29-28(30)13-23(28)17-2-1-3-18(10-17)24-7-6-20-14-31-22(12-25(20)33-24)15-32-27(34)19-4-5-21-16-37-8-9-38(35,36)26(21)11-19/h1-7,10-12,14,23H,8-9,13,15-16H2,(H,32,34)/t23-/m1/s1. The van der Waals surface area contributed by atoms with Crippen LogP contribution in [0.4, 0.5) is 8.78 Å². The van der Waals surface area contributed by atoms with Gasteiger partial charge >= 0.3 is 0 Å². The van der Waals surface area contributed by atoms with Gasteiger partial charge in [-0.2, -0.15) is 0 Å². The molecular formula is C28H23F2N3O4S. The molecule has 6 rings (SSSR count). The second-order valence-corrected chi connectivity index (χ2v) is 11.7. The molecule has 7 nitrogen and oxygen atoms in total. The SMILES string of the molecule is O=C(NCc1cc2nc(-c3cccc([C@H]4CC4(F)F)c3)ccc2cn1)c1ccc2c(c1)S(=O)(=O)CCOC2. The molecular weight excluding hydrogens is 512 g/mol. The minimum absolute atomic E-state index is 0.111. The number of carbonyl (C=O) groups excluding carboxylic acids is 1. The summed E-state index contributed by atoms with van der Waals surface area (Å²) in [7, 11) is -3.53. The largest absolute Gasteiger partial charge is 0.376 e. The number of nitrogens with zero attached hydrogens (tertiary/aromatic N) is 2. The molecule has 0 spiro atoms. The van der Waals surface area contributed by atoms with Gasteiger partial charge in [-0.25, -0.2) is 22.2 Å². The highest BCUT2D eigenvalue weighted by Gasteiger charge is 2.57. The number of carbonyl (C=O) groups is 1. The number of benzene rings is 2. The molecule has 3 heterocycles. The van der Waals surface area contributed by atoms with Gasteiger partial charge in [0.1, 0.15) is 0 Å². The number of hydrogen-bond donors (Lipinski definition) is 1. The van der Waals surface area contributed by atoms with Crippen LogP contribution in [0, 0.1) is 0 Å². The van der Waals surface area contributed by atoms with E-state index in [-0.39, 0.29) is 42.4 Å². The van der Waals surface area contributed by atoms with Crippen molar-refractivity contribution < 1.29 is 26.7 Å². The van der Waals surface area contributed by atoms with Gasteiger partial charge in [0.15, 0.2) is 9.84 Å². The van der Waals surface area contributed by atoms with Crippen molar-refractivity contribution in [1.82, 2.24) is 15.3 Å². The zero-order chi connectivity index (χ0) is 26.5. The average molecular weight is 536 g/mol. The van der Waals surface area contributed by atoms with Gasteiger partial charge in [0.25, 0.3) is 11.8 Å². The molecule has 194 valence electrons. The number of halogens is 2. The molecule has 2 aliphatic rings. The Hall–Kier alpha value is -3.76. The van der Waals surface area contributed by atoms with E-state index in [0.717, 1.165) is 10.9 Å². The first-order valence-electron chi connectivity index (χ1n) is 12.2. The van der Waals surface area contributed by atoms with Gasteiger partial charge in [-0.1, -0.05) is 24.3 Å². The van der Waals surface area contributed by atoms with Gasteiger partial charge in [-0.05, 0) is 47.5 Å². The second-order valence-electron chi connectivity index (χ2n) is 9.58. The third-order valence-electron chi connectivity index (χ3n) is 6.89. The smallest absolute Gasteiger partial charge is 0.255 e. The molecule has 0 radical (unpaired) electrons. The lowest BCUT2D eigenvalue weighted by Crippen LogP contribution is -2.23. The summed E-state index contributed by atoms with van der Waals surface area (Å²) in [6, 6.07) is 17.1. The van der Waals surface area contributed by atoms with E-state index in [4.69, 9.17) is 9.72 Å². The molecule has 1 aliphatic carbocycles. The number of hydrogen-bond acceptors (Lipinski definition) is 6. The number of amides is 1. The Labute approximate surface area is 217 Å². The summed E-state index contributed by atoms with van der Waals surface area (Å²) < 4.78 is 57.5. The van der Waals surface area contributed by atoms with E-state index in [0.29, 0.717) is 28.0 Å². The molecule has 1 amide bonds. The maximum absolute atomic E-state index is 13.5. The van der Waals surface area contributed by atoms with Crippen LogP contribution in [0.2, 0.25) is 0 Å². The highest BCUT2D eigenvalue weighted by molar-refractivity contribution is 7.91. The highest BCUT2D eigenvalue weighted by atomic mass is 32.2. The van der Waals surface area contributed by atoms with Gasteiger partial charge in [0.05, 0.1) is 53.2 Å². The second kappa shape index (κ2) is 9.21. The highest BCUT2D eigenvalue weighted by Crippen LogP contribution is 2.55. The van der Waals surface area contributed by atoms with Gasteiger partial charge in [0.2, 0.25) is 0 Å². The summed E-state index contributed by atoms with van der Waals surface area (Å²) in [5.41, 5.74) is 4.00. The van der Waals surface area contributed by atoms with Crippen LogP contribution in [0.5, 0.6) is 0 Å². The molecule has 38 heavy (non-hydrogen) atoms. The van der Waals surface area contributed by atoms with E-state index < -0.39 is 27.6 Å². The van der Waals surface area contributed by atoms with Crippen molar-refractivity contribution in [3.63, 3.8) is 0 Å². The molecule has 2 aromatic heterocycles. The van der Waals surface area contributed by atoms with E-state index in [1.165, 1.54) is 6.07 Å². The molecule has 0 unspecified atom stereocenters. The summed E-state index contributed by atoms with van der Waals surface area (Å²) in [6.07, 6.45) is 1.53. The van der Waals surface area contributed by atoms with Crippen molar-refractivity contribution in [1.29, 1.82) is 0 Å². The molecule has 1 aliphatic heterocycles. The first-order chi connectivity index (χ1) is 18.2. The van der Waals surface area contributed by atoms with Crippen LogP contribution in [-0.4, -0.2) is 42.6 Å². The van der Waals surface area contributed by atoms with E-state index in [9.17, 15) is 22.0 Å². The lowest BCUT2D eigenvalue weighted by atomic mass is 10.0. The number of sulfone groups is 1. The zero-order valence-electron chi connectivity index (χ0n) is 20.2. The Morgan fingerprint density at radius 2 is 1.95 bits per heavy atom. The van der Waals surface area contributed by atoms with Gasteiger partial charge in [-0.15, -0.1) is 0 Å². The number of ether oxygens (including phenoxy) is 1. The van der Waals surface area contributed by atoms with Crippen LogP contribution in [0.1, 0.15) is 39.5 Å². The molecule has 1 saturated carbocycles. The minimum atomic E-state index is -3.53. The van der Waals surface area contributed by atoms with Crippen molar-refractivity contribution in [3.05, 3.63) is 89.2 Å². The molecule has 1 fully saturated rings. The van der Waals surface area contributed by atoms with Crippen LogP contribution >= 0.6 is 0 Å². The summed E-state index contributed by atoms with van der Waals surface area (Å²) in [4.78, 5) is 22.0. The van der Waals surface area contributed by atoms with E-state index >= 15 is 0 Å². The monoisotopic (exact) mass is 535 g/mol. The van der Waals surface area contributed by atoms with Crippen molar-refractivity contribution in [2.75, 3.05) is 12.4 Å². The van der Waals surface area contributed by atoms with Crippen molar-refractivity contribution in [3.8, 4) is 11.3 Å². The predicted octanol–water partition coefficient (Wildman–Crippen LogP) is 4.65. The maximum Gasteiger partial charge on any atom is 0.255 e. The number of fused-ring (bicyclic) bond motifs is 2. The number of pyridine rings is 2. The van der Waals surface area contributed by atoms with Crippen LogP contribution in [0.25, 0.3) is 22.2 Å². The number of aromatic nitrogens is 2. The van der Waals surface area contributed by atoms with Crippen molar-refractivity contribution >= 4 is 26.6 Å². The Morgan fingerprint density at radius 3 is 2.76 bits per heavy atom. The number of rotatable bonds is 5. The van der Waals surface area contributed by atoms with Gasteiger partial charge in [-0.3, -0.25) is 9.78 Å². The number of alkyl halides is 2. The normalized spacial score (nSPS) is 19.4. The van der Waals surface area contributed by atoms with Gasteiger partial charge < -0.3 is 10.1 Å². The topological polar surface area (TPSA) is 98.3 Å². The minimum Gasteiger partial charge on any atom is -0.376 e. The van der Waals surface area contributed by atoms with Crippen LogP contribution < -0.4 is 5.32 Å². The fraction of sp³-hybridized carbons (Fsp3) is 0.250. The first-order valence-corrected chi connectivity index (χ1v) is 13.8. The van der Waals surface area contributed by atoms with E-state index in [2.05, 4.69) is 10.3 Å². The molecule has 2 aromatic carbocycles. The van der Waals surface area contributed by atoms with E-state index in [1.807, 2.05) is 18.2 Å². The third kappa shape index (κ3) is 4.77. The first kappa shape index (κ1) is 24.6.